The molecule has 5 heteroatoms. The minimum Gasteiger partial charge on any atom is -0.389 e. The average Bonchev–Trinajstić information content (AvgIpc) is 2.37. The van der Waals surface area contributed by atoms with Crippen molar-refractivity contribution in [3.05, 3.63) is 35.9 Å². The maximum absolute atomic E-state index is 12.1. The van der Waals surface area contributed by atoms with E-state index in [-0.39, 0.29) is 24.1 Å². The van der Waals surface area contributed by atoms with E-state index in [0.29, 0.717) is 0 Å². The van der Waals surface area contributed by atoms with Gasteiger partial charge < -0.3 is 5.11 Å². The van der Waals surface area contributed by atoms with E-state index in [4.69, 9.17) is 0 Å². The first kappa shape index (κ1) is 17.1. The first-order valence-electron chi connectivity index (χ1n) is 6.89. The molecule has 0 amide bonds. The van der Waals surface area contributed by atoms with E-state index in [1.165, 1.54) is 0 Å². The van der Waals surface area contributed by atoms with Gasteiger partial charge in [0.15, 0.2) is 0 Å². The Bertz CT molecular complexity index is 509. The zero-order chi connectivity index (χ0) is 15.4. The molecule has 0 aliphatic carbocycles. The Morgan fingerprint density at radius 3 is 2.25 bits per heavy atom. The normalized spacial score (nSPS) is 16.9. The molecule has 0 aromatic heterocycles. The fourth-order valence-corrected chi connectivity index (χ4v) is 3.21. The summed E-state index contributed by atoms with van der Waals surface area (Å²) < 4.78 is 26.6. The summed E-state index contributed by atoms with van der Waals surface area (Å²) in [5.74, 6) is -0.0833. The monoisotopic (exact) mass is 299 g/mol. The second kappa shape index (κ2) is 6.70. The van der Waals surface area contributed by atoms with Gasteiger partial charge in [-0.15, -0.1) is 0 Å². The predicted octanol–water partition coefficient (Wildman–Crippen LogP) is 2.12. The Hall–Kier alpha value is -0.910. The zero-order valence-electron chi connectivity index (χ0n) is 12.6. The molecule has 2 N–H and O–H groups in total. The second-order valence-electron chi connectivity index (χ2n) is 5.93. The highest BCUT2D eigenvalue weighted by atomic mass is 32.2. The third-order valence-electron chi connectivity index (χ3n) is 3.73. The van der Waals surface area contributed by atoms with Gasteiger partial charge in [-0.1, -0.05) is 51.1 Å². The summed E-state index contributed by atoms with van der Waals surface area (Å²) in [7, 11) is -3.41. The average molecular weight is 299 g/mol. The minimum atomic E-state index is -3.41. The smallest absolute Gasteiger partial charge is 0.212 e. The lowest BCUT2D eigenvalue weighted by Gasteiger charge is -2.28. The van der Waals surface area contributed by atoms with Crippen molar-refractivity contribution in [3.63, 3.8) is 0 Å². The van der Waals surface area contributed by atoms with Crippen molar-refractivity contribution >= 4 is 10.0 Å². The van der Waals surface area contributed by atoms with Crippen LogP contribution in [-0.4, -0.2) is 31.4 Å². The van der Waals surface area contributed by atoms with Crippen LogP contribution in [-0.2, 0) is 10.0 Å². The van der Waals surface area contributed by atoms with Crippen LogP contribution >= 0.6 is 0 Å². The lowest BCUT2D eigenvalue weighted by Crippen LogP contribution is -2.45. The molecule has 1 aromatic carbocycles. The van der Waals surface area contributed by atoms with Crippen molar-refractivity contribution in [1.29, 1.82) is 0 Å². The number of rotatable bonds is 7. The summed E-state index contributed by atoms with van der Waals surface area (Å²) in [5, 5.41) is 10.1. The van der Waals surface area contributed by atoms with E-state index < -0.39 is 15.6 Å². The first-order chi connectivity index (χ1) is 9.14. The highest BCUT2D eigenvalue weighted by molar-refractivity contribution is 7.89. The minimum absolute atomic E-state index is 0.0169. The van der Waals surface area contributed by atoms with E-state index in [0.717, 1.165) is 5.56 Å². The van der Waals surface area contributed by atoms with Gasteiger partial charge in [0.1, 0.15) is 0 Å². The van der Waals surface area contributed by atoms with E-state index in [2.05, 4.69) is 4.72 Å². The topological polar surface area (TPSA) is 66.4 Å². The Balaban J connectivity index is 2.63. The molecule has 0 aliphatic rings. The van der Waals surface area contributed by atoms with E-state index in [9.17, 15) is 13.5 Å². The Labute approximate surface area is 122 Å². The molecule has 1 aromatic rings. The Morgan fingerprint density at radius 1 is 1.20 bits per heavy atom. The highest BCUT2D eigenvalue weighted by Crippen LogP contribution is 2.18. The van der Waals surface area contributed by atoms with Gasteiger partial charge in [0.25, 0.3) is 0 Å². The number of hydrogen-bond donors (Lipinski definition) is 2. The maximum atomic E-state index is 12.1. The van der Waals surface area contributed by atoms with Crippen LogP contribution in [0.25, 0.3) is 0 Å². The number of benzene rings is 1. The molecule has 0 heterocycles. The van der Waals surface area contributed by atoms with Crippen LogP contribution in [0.15, 0.2) is 30.3 Å². The molecule has 20 heavy (non-hydrogen) atoms. The van der Waals surface area contributed by atoms with E-state index in [1.807, 2.05) is 51.1 Å². The van der Waals surface area contributed by atoms with Crippen molar-refractivity contribution in [1.82, 2.24) is 4.72 Å². The predicted molar refractivity (Wildman–Crippen MR) is 82.1 cm³/mol. The van der Waals surface area contributed by atoms with Crippen molar-refractivity contribution in [2.45, 2.75) is 39.2 Å². The fraction of sp³-hybridized carbons (Fsp3) is 0.600. The van der Waals surface area contributed by atoms with Gasteiger partial charge in [-0.3, -0.25) is 0 Å². The van der Waals surface area contributed by atoms with Crippen LogP contribution < -0.4 is 4.72 Å². The molecule has 0 radical (unpaired) electrons. The van der Waals surface area contributed by atoms with Crippen LogP contribution in [0.2, 0.25) is 0 Å². The van der Waals surface area contributed by atoms with E-state index >= 15 is 0 Å². The number of hydrogen-bond acceptors (Lipinski definition) is 3. The summed E-state index contributed by atoms with van der Waals surface area (Å²) in [6.45, 7) is 7.28. The lowest BCUT2D eigenvalue weighted by atomic mass is 9.93. The standard InChI is InChI=1S/C15H25NO3S/c1-12(2)15(4,17)11-16-20(18,19)10-13(3)14-8-6-5-7-9-14/h5-9,12-13,16-17H,10-11H2,1-4H3. The van der Waals surface area contributed by atoms with Crippen LogP contribution in [0.1, 0.15) is 39.2 Å². The summed E-state index contributed by atoms with van der Waals surface area (Å²) >= 11 is 0. The molecule has 1 rings (SSSR count). The van der Waals surface area contributed by atoms with Crippen molar-refractivity contribution < 1.29 is 13.5 Å². The van der Waals surface area contributed by atoms with Crippen molar-refractivity contribution in [3.8, 4) is 0 Å². The van der Waals surface area contributed by atoms with Gasteiger partial charge in [-0.2, -0.15) is 0 Å². The maximum Gasteiger partial charge on any atom is 0.212 e. The van der Waals surface area contributed by atoms with Gasteiger partial charge >= 0.3 is 0 Å². The number of sulfonamides is 1. The van der Waals surface area contributed by atoms with Crippen LogP contribution in [0.5, 0.6) is 0 Å². The quantitative estimate of drug-likeness (QED) is 0.810. The molecule has 0 aliphatic heterocycles. The first-order valence-corrected chi connectivity index (χ1v) is 8.54. The summed E-state index contributed by atoms with van der Waals surface area (Å²) in [6, 6.07) is 9.54. The molecular formula is C15H25NO3S. The molecule has 0 spiro atoms. The molecule has 2 unspecified atom stereocenters. The van der Waals surface area contributed by atoms with Crippen LogP contribution in [0.3, 0.4) is 0 Å². The number of aliphatic hydroxyl groups is 1. The van der Waals surface area contributed by atoms with Crippen molar-refractivity contribution in [2.24, 2.45) is 5.92 Å². The molecule has 114 valence electrons. The van der Waals surface area contributed by atoms with Gasteiger partial charge in [0, 0.05) is 6.54 Å². The van der Waals surface area contributed by atoms with Gasteiger partial charge in [0.2, 0.25) is 10.0 Å². The highest BCUT2D eigenvalue weighted by Gasteiger charge is 2.27. The van der Waals surface area contributed by atoms with Crippen LogP contribution in [0.4, 0.5) is 0 Å². The second-order valence-corrected chi connectivity index (χ2v) is 7.78. The molecule has 0 saturated heterocycles. The molecule has 0 saturated carbocycles. The lowest BCUT2D eigenvalue weighted by molar-refractivity contribution is 0.0190. The third-order valence-corrected chi connectivity index (χ3v) is 5.25. The number of nitrogens with one attached hydrogen (secondary N) is 1. The Kier molecular flexibility index (Phi) is 5.74. The molecule has 0 fully saturated rings. The van der Waals surface area contributed by atoms with Gasteiger partial charge in [-0.25, -0.2) is 13.1 Å². The largest absolute Gasteiger partial charge is 0.389 e. The van der Waals surface area contributed by atoms with Crippen molar-refractivity contribution in [2.75, 3.05) is 12.3 Å². The summed E-state index contributed by atoms with van der Waals surface area (Å²) in [6.07, 6.45) is 0. The fourth-order valence-electron chi connectivity index (χ4n) is 1.73. The summed E-state index contributed by atoms with van der Waals surface area (Å²) in [5.41, 5.74) is -0.0447. The molecule has 0 bridgehead atoms. The molecule has 4 nitrogen and oxygen atoms in total. The van der Waals surface area contributed by atoms with Gasteiger partial charge in [0.05, 0.1) is 11.4 Å². The Morgan fingerprint density at radius 2 is 1.75 bits per heavy atom. The molecular weight excluding hydrogens is 274 g/mol. The van der Waals surface area contributed by atoms with E-state index in [1.54, 1.807) is 6.92 Å². The van der Waals surface area contributed by atoms with Gasteiger partial charge in [-0.05, 0) is 24.3 Å². The zero-order valence-corrected chi connectivity index (χ0v) is 13.4. The third kappa shape index (κ3) is 5.23. The van der Waals surface area contributed by atoms with Crippen LogP contribution in [0, 0.1) is 5.92 Å². The summed E-state index contributed by atoms with van der Waals surface area (Å²) in [4.78, 5) is 0. The SMILES string of the molecule is CC(CS(=O)(=O)NCC(C)(O)C(C)C)c1ccccc1. The molecule has 2 atom stereocenters.